The van der Waals surface area contributed by atoms with Gasteiger partial charge in [-0.05, 0) is 46.7 Å². The lowest BCUT2D eigenvalue weighted by molar-refractivity contribution is -0.113. The first-order chi connectivity index (χ1) is 15.1. The molecule has 0 unspecified atom stereocenters. The van der Waals surface area contributed by atoms with Gasteiger partial charge in [-0.25, -0.2) is 0 Å². The second-order valence-electron chi connectivity index (χ2n) is 6.95. The van der Waals surface area contributed by atoms with Gasteiger partial charge in [-0.15, -0.1) is 0 Å². The quantitative estimate of drug-likeness (QED) is 0.409. The highest BCUT2D eigenvalue weighted by Crippen LogP contribution is 2.22. The Hall–Kier alpha value is -4.38. The first kappa shape index (κ1) is 19.9. The fourth-order valence-corrected chi connectivity index (χ4v) is 3.26. The lowest BCUT2D eigenvalue weighted by atomic mass is 10.0. The van der Waals surface area contributed by atoms with Crippen LogP contribution in [-0.2, 0) is 4.79 Å². The molecule has 3 N–H and O–H groups in total. The van der Waals surface area contributed by atoms with Gasteiger partial charge in [0.2, 0.25) is 0 Å². The number of hydrogen-bond donors (Lipinski definition) is 3. The van der Waals surface area contributed by atoms with Gasteiger partial charge in [-0.3, -0.25) is 9.59 Å². The Morgan fingerprint density at radius 3 is 2.29 bits per heavy atom. The third-order valence-electron chi connectivity index (χ3n) is 4.76. The maximum atomic E-state index is 13.1. The summed E-state index contributed by atoms with van der Waals surface area (Å²) >= 11 is 0. The molecule has 0 aliphatic carbocycles. The first-order valence-electron chi connectivity index (χ1n) is 9.76. The average Bonchev–Trinajstić information content (AvgIpc) is 2.79. The summed E-state index contributed by atoms with van der Waals surface area (Å²) in [5.41, 5.74) is 1.75. The van der Waals surface area contributed by atoms with Gasteiger partial charge in [0.15, 0.2) is 0 Å². The molecule has 0 bridgehead atoms. The molecule has 0 radical (unpaired) electrons. The van der Waals surface area contributed by atoms with Gasteiger partial charge >= 0.3 is 0 Å². The summed E-state index contributed by atoms with van der Waals surface area (Å²) in [6.07, 6.45) is 1.65. The van der Waals surface area contributed by atoms with E-state index >= 15 is 0 Å². The second kappa shape index (κ2) is 8.97. The van der Waals surface area contributed by atoms with Crippen molar-refractivity contribution in [1.82, 2.24) is 5.32 Å². The Morgan fingerprint density at radius 1 is 0.774 bits per heavy atom. The molecule has 152 valence electrons. The number of benzene rings is 4. The molecule has 5 nitrogen and oxygen atoms in total. The number of phenolic OH excluding ortho intramolecular Hbond substituents is 1. The van der Waals surface area contributed by atoms with E-state index in [4.69, 9.17) is 0 Å². The van der Waals surface area contributed by atoms with Gasteiger partial charge in [0, 0.05) is 17.3 Å². The monoisotopic (exact) mass is 408 g/mol. The van der Waals surface area contributed by atoms with Crippen LogP contribution in [0.2, 0.25) is 0 Å². The van der Waals surface area contributed by atoms with Crippen molar-refractivity contribution >= 4 is 34.4 Å². The average molecular weight is 408 g/mol. The van der Waals surface area contributed by atoms with Crippen molar-refractivity contribution in [2.45, 2.75) is 0 Å². The molecule has 0 atom stereocenters. The fourth-order valence-electron chi connectivity index (χ4n) is 3.26. The Bertz CT molecular complexity index is 1270. The number of nitrogens with one attached hydrogen (secondary N) is 2. The Morgan fingerprint density at radius 2 is 1.48 bits per heavy atom. The van der Waals surface area contributed by atoms with Gasteiger partial charge in [0.25, 0.3) is 11.8 Å². The number of hydrogen-bond acceptors (Lipinski definition) is 3. The number of amides is 2. The summed E-state index contributed by atoms with van der Waals surface area (Å²) < 4.78 is 0. The van der Waals surface area contributed by atoms with Crippen LogP contribution in [0.15, 0.2) is 103 Å². The van der Waals surface area contributed by atoms with Crippen molar-refractivity contribution < 1.29 is 14.7 Å². The minimum atomic E-state index is -0.497. The zero-order valence-corrected chi connectivity index (χ0v) is 16.6. The van der Waals surface area contributed by atoms with E-state index in [1.807, 2.05) is 48.5 Å². The van der Waals surface area contributed by atoms with Crippen molar-refractivity contribution in [2.75, 3.05) is 5.32 Å². The van der Waals surface area contributed by atoms with Crippen molar-refractivity contribution in [3.63, 3.8) is 0 Å². The molecule has 4 rings (SSSR count). The van der Waals surface area contributed by atoms with E-state index in [-0.39, 0.29) is 11.4 Å². The molecule has 5 heteroatoms. The van der Waals surface area contributed by atoms with E-state index in [0.29, 0.717) is 11.3 Å². The Labute approximate surface area is 179 Å². The van der Waals surface area contributed by atoms with Crippen molar-refractivity contribution in [3.05, 3.63) is 114 Å². The summed E-state index contributed by atoms with van der Waals surface area (Å²) in [4.78, 5) is 25.8. The molecule has 4 aromatic carbocycles. The predicted octanol–water partition coefficient (Wildman–Crippen LogP) is 4.96. The third-order valence-corrected chi connectivity index (χ3v) is 4.76. The lowest BCUT2D eigenvalue weighted by Gasteiger charge is -2.12. The minimum absolute atomic E-state index is 0.0331. The highest BCUT2D eigenvalue weighted by molar-refractivity contribution is 6.11. The van der Waals surface area contributed by atoms with E-state index in [2.05, 4.69) is 10.6 Å². The van der Waals surface area contributed by atoms with Gasteiger partial charge in [0.05, 0.1) is 0 Å². The summed E-state index contributed by atoms with van der Waals surface area (Å²) in [6.45, 7) is 0. The maximum absolute atomic E-state index is 13.1. The van der Waals surface area contributed by atoms with Crippen LogP contribution in [0.4, 0.5) is 5.69 Å². The van der Waals surface area contributed by atoms with Gasteiger partial charge in [-0.1, -0.05) is 66.7 Å². The summed E-state index contributed by atoms with van der Waals surface area (Å²) in [7, 11) is 0. The first-order valence-corrected chi connectivity index (χ1v) is 9.76. The number of anilines is 1. The molecule has 0 spiro atoms. The Kier molecular flexibility index (Phi) is 5.76. The molecule has 0 aliphatic heterocycles. The third kappa shape index (κ3) is 4.79. The molecule has 0 saturated carbocycles. The molecule has 31 heavy (non-hydrogen) atoms. The van der Waals surface area contributed by atoms with Crippen LogP contribution in [0.1, 0.15) is 15.9 Å². The zero-order valence-electron chi connectivity index (χ0n) is 16.6. The van der Waals surface area contributed by atoms with Crippen LogP contribution in [-0.4, -0.2) is 16.9 Å². The van der Waals surface area contributed by atoms with Gasteiger partial charge in [0.1, 0.15) is 11.4 Å². The SMILES string of the molecule is O=C(Nc1cccc(O)c1)/C(=C/c1cccc2ccccc12)NC(=O)c1ccccc1. The number of rotatable bonds is 5. The van der Waals surface area contributed by atoms with Crippen molar-refractivity contribution in [2.24, 2.45) is 0 Å². The number of aromatic hydroxyl groups is 1. The zero-order chi connectivity index (χ0) is 21.6. The maximum Gasteiger partial charge on any atom is 0.272 e. The number of carbonyl (C=O) groups excluding carboxylic acids is 2. The molecule has 0 saturated heterocycles. The molecular formula is C26H20N2O3. The topological polar surface area (TPSA) is 78.4 Å². The summed E-state index contributed by atoms with van der Waals surface area (Å²) in [5.74, 6) is -0.855. The van der Waals surface area contributed by atoms with E-state index in [0.717, 1.165) is 16.3 Å². The molecule has 0 aliphatic rings. The molecule has 4 aromatic rings. The highest BCUT2D eigenvalue weighted by atomic mass is 16.3. The van der Waals surface area contributed by atoms with Gasteiger partial charge < -0.3 is 15.7 Å². The normalized spacial score (nSPS) is 11.2. The number of carbonyl (C=O) groups is 2. The van der Waals surface area contributed by atoms with E-state index in [9.17, 15) is 14.7 Å². The van der Waals surface area contributed by atoms with Crippen LogP contribution in [0.25, 0.3) is 16.8 Å². The van der Waals surface area contributed by atoms with Crippen LogP contribution >= 0.6 is 0 Å². The lowest BCUT2D eigenvalue weighted by Crippen LogP contribution is -2.30. The molecule has 2 amide bonds. The smallest absolute Gasteiger partial charge is 0.272 e. The van der Waals surface area contributed by atoms with Gasteiger partial charge in [-0.2, -0.15) is 0 Å². The van der Waals surface area contributed by atoms with Crippen LogP contribution in [0.3, 0.4) is 0 Å². The highest BCUT2D eigenvalue weighted by Gasteiger charge is 2.15. The van der Waals surface area contributed by atoms with Crippen molar-refractivity contribution in [1.29, 1.82) is 0 Å². The molecule has 0 heterocycles. The molecule has 0 aromatic heterocycles. The predicted molar refractivity (Wildman–Crippen MR) is 123 cm³/mol. The number of fused-ring (bicyclic) bond motifs is 1. The van der Waals surface area contributed by atoms with E-state index in [1.54, 1.807) is 42.5 Å². The fraction of sp³-hybridized carbons (Fsp3) is 0. The van der Waals surface area contributed by atoms with Crippen LogP contribution in [0.5, 0.6) is 5.75 Å². The number of phenols is 1. The minimum Gasteiger partial charge on any atom is -0.508 e. The molecule has 0 fully saturated rings. The van der Waals surface area contributed by atoms with Crippen molar-refractivity contribution in [3.8, 4) is 5.75 Å². The second-order valence-corrected chi connectivity index (χ2v) is 6.95. The summed E-state index contributed by atoms with van der Waals surface area (Å²) in [6, 6.07) is 28.5. The van der Waals surface area contributed by atoms with E-state index < -0.39 is 11.8 Å². The summed E-state index contributed by atoms with van der Waals surface area (Å²) in [5, 5.41) is 17.1. The molecular weight excluding hydrogens is 388 g/mol. The largest absolute Gasteiger partial charge is 0.508 e. The van der Waals surface area contributed by atoms with Crippen LogP contribution in [0, 0.1) is 0 Å². The standard InChI is InChI=1S/C26H20N2O3/c29-22-14-7-13-21(17-22)27-26(31)24(28-25(30)19-9-2-1-3-10-19)16-20-12-6-11-18-8-4-5-15-23(18)20/h1-17,29H,(H,27,31)(H,28,30)/b24-16-. The Balaban J connectivity index is 1.71. The van der Waals surface area contributed by atoms with E-state index in [1.165, 1.54) is 12.1 Å². The van der Waals surface area contributed by atoms with Crippen LogP contribution < -0.4 is 10.6 Å².